The molecule has 3 rings (SSSR count). The highest BCUT2D eigenvalue weighted by atomic mass is 16.2. The van der Waals surface area contributed by atoms with Crippen molar-refractivity contribution in [2.75, 3.05) is 19.6 Å². The maximum Gasteiger partial charge on any atom is 0.223 e. The van der Waals surface area contributed by atoms with Gasteiger partial charge in [0.05, 0.1) is 0 Å². The van der Waals surface area contributed by atoms with Crippen LogP contribution < -0.4 is 5.32 Å². The molecule has 0 radical (unpaired) electrons. The molecule has 3 nitrogen and oxygen atoms in total. The summed E-state index contributed by atoms with van der Waals surface area (Å²) in [5, 5.41) is 3.21. The molecule has 0 saturated carbocycles. The molecule has 3 heteroatoms. The second kappa shape index (κ2) is 4.49. The lowest BCUT2D eigenvalue weighted by Gasteiger charge is -2.32. The molecular weight excluding hydrogens is 212 g/mol. The van der Waals surface area contributed by atoms with Gasteiger partial charge >= 0.3 is 0 Å². The fourth-order valence-electron chi connectivity index (χ4n) is 2.58. The van der Waals surface area contributed by atoms with Gasteiger partial charge in [0, 0.05) is 19.5 Å². The van der Waals surface area contributed by atoms with Gasteiger partial charge in [-0.3, -0.25) is 4.79 Å². The first-order chi connectivity index (χ1) is 8.33. The van der Waals surface area contributed by atoms with Crippen LogP contribution in [0.5, 0.6) is 0 Å². The number of fused-ring (bicyclic) bond motifs is 1. The van der Waals surface area contributed by atoms with Crippen molar-refractivity contribution in [3.05, 3.63) is 35.4 Å². The van der Waals surface area contributed by atoms with Crippen LogP contribution in [-0.2, 0) is 17.8 Å². The summed E-state index contributed by atoms with van der Waals surface area (Å²) in [4.78, 5) is 14.1. The summed E-state index contributed by atoms with van der Waals surface area (Å²) >= 11 is 0. The third-order valence-electron chi connectivity index (χ3n) is 3.81. The van der Waals surface area contributed by atoms with Crippen molar-refractivity contribution in [1.29, 1.82) is 0 Å². The topological polar surface area (TPSA) is 32.3 Å². The van der Waals surface area contributed by atoms with E-state index in [-0.39, 0.29) is 0 Å². The minimum Gasteiger partial charge on any atom is -0.338 e. The van der Waals surface area contributed by atoms with Gasteiger partial charge in [-0.2, -0.15) is 0 Å². The van der Waals surface area contributed by atoms with Crippen molar-refractivity contribution >= 4 is 5.91 Å². The zero-order valence-corrected chi connectivity index (χ0v) is 9.98. The maximum atomic E-state index is 12.1. The van der Waals surface area contributed by atoms with Crippen molar-refractivity contribution in [3.63, 3.8) is 0 Å². The Labute approximate surface area is 102 Å². The minimum atomic E-state index is 0.325. The lowest BCUT2D eigenvalue weighted by atomic mass is 9.96. The normalized spacial score (nSPS) is 19.6. The maximum absolute atomic E-state index is 12.1. The average Bonchev–Trinajstić information content (AvgIpc) is 2.33. The van der Waals surface area contributed by atoms with Gasteiger partial charge in [0.1, 0.15) is 0 Å². The molecule has 1 saturated heterocycles. The van der Waals surface area contributed by atoms with Gasteiger partial charge in [-0.1, -0.05) is 24.3 Å². The van der Waals surface area contributed by atoms with Crippen LogP contribution in [0.3, 0.4) is 0 Å². The largest absolute Gasteiger partial charge is 0.338 e. The van der Waals surface area contributed by atoms with E-state index in [4.69, 9.17) is 0 Å². The number of hydrogen-bond acceptors (Lipinski definition) is 2. The number of carbonyl (C=O) groups is 1. The number of carbonyl (C=O) groups excluding carboxylic acids is 1. The Morgan fingerprint density at radius 2 is 2.06 bits per heavy atom. The van der Waals surface area contributed by atoms with Crippen LogP contribution in [0.2, 0.25) is 0 Å². The summed E-state index contributed by atoms with van der Waals surface area (Å²) < 4.78 is 0. The Bertz CT molecular complexity index is 426. The number of amides is 1. The van der Waals surface area contributed by atoms with Crippen LogP contribution in [0.4, 0.5) is 0 Å². The van der Waals surface area contributed by atoms with Gasteiger partial charge in [0.15, 0.2) is 0 Å². The predicted molar refractivity (Wildman–Crippen MR) is 66.5 cm³/mol. The van der Waals surface area contributed by atoms with Crippen molar-refractivity contribution < 1.29 is 4.79 Å². The summed E-state index contributed by atoms with van der Waals surface area (Å²) in [5.41, 5.74) is 2.72. The smallest absolute Gasteiger partial charge is 0.223 e. The zero-order valence-electron chi connectivity index (χ0n) is 9.98. The highest BCUT2D eigenvalue weighted by Crippen LogP contribution is 2.20. The average molecular weight is 230 g/mol. The Balaban J connectivity index is 1.64. The molecule has 2 aliphatic rings. The molecular formula is C14H18N2O. The Hall–Kier alpha value is -1.35. The molecule has 0 bridgehead atoms. The molecule has 17 heavy (non-hydrogen) atoms. The van der Waals surface area contributed by atoms with E-state index in [9.17, 15) is 4.79 Å². The first kappa shape index (κ1) is 10.8. The quantitative estimate of drug-likeness (QED) is 0.827. The van der Waals surface area contributed by atoms with Crippen LogP contribution >= 0.6 is 0 Å². The van der Waals surface area contributed by atoms with Gasteiger partial charge in [-0.25, -0.2) is 0 Å². The number of hydrogen-bond donors (Lipinski definition) is 1. The van der Waals surface area contributed by atoms with E-state index in [0.29, 0.717) is 11.8 Å². The lowest BCUT2D eigenvalue weighted by Crippen LogP contribution is -2.46. The summed E-state index contributed by atoms with van der Waals surface area (Å²) in [5.74, 6) is 0.894. The monoisotopic (exact) mass is 230 g/mol. The van der Waals surface area contributed by atoms with E-state index >= 15 is 0 Å². The fraction of sp³-hybridized carbons (Fsp3) is 0.500. The molecule has 0 aromatic heterocycles. The van der Waals surface area contributed by atoms with E-state index in [1.807, 2.05) is 4.90 Å². The molecule has 1 amide bonds. The Morgan fingerprint density at radius 1 is 1.29 bits per heavy atom. The number of benzene rings is 1. The molecule has 1 fully saturated rings. The highest BCUT2D eigenvalue weighted by Gasteiger charge is 2.25. The first-order valence-electron chi connectivity index (χ1n) is 6.38. The number of nitrogens with one attached hydrogen (secondary N) is 1. The van der Waals surface area contributed by atoms with Crippen LogP contribution in [0.25, 0.3) is 0 Å². The predicted octanol–water partition coefficient (Wildman–Crippen LogP) is 1.18. The Kier molecular flexibility index (Phi) is 2.85. The van der Waals surface area contributed by atoms with E-state index in [0.717, 1.165) is 39.0 Å². The van der Waals surface area contributed by atoms with Gasteiger partial charge in [-0.05, 0) is 36.6 Å². The third-order valence-corrected chi connectivity index (χ3v) is 3.81. The summed E-state index contributed by atoms with van der Waals surface area (Å²) in [6.07, 6.45) is 1.72. The summed E-state index contributed by atoms with van der Waals surface area (Å²) in [6.45, 7) is 3.71. The van der Waals surface area contributed by atoms with Crippen molar-refractivity contribution in [1.82, 2.24) is 10.2 Å². The minimum absolute atomic E-state index is 0.325. The molecule has 0 spiro atoms. The van der Waals surface area contributed by atoms with Gasteiger partial charge in [0.25, 0.3) is 0 Å². The van der Waals surface area contributed by atoms with E-state index < -0.39 is 0 Å². The SMILES string of the molecule is O=C(CC1CNC1)N1CCc2ccccc2C1. The van der Waals surface area contributed by atoms with Crippen LogP contribution in [0, 0.1) is 5.92 Å². The molecule has 0 aliphatic carbocycles. The van der Waals surface area contributed by atoms with Crippen LogP contribution in [0.1, 0.15) is 17.5 Å². The third kappa shape index (κ3) is 2.20. The van der Waals surface area contributed by atoms with Gasteiger partial charge < -0.3 is 10.2 Å². The molecule has 90 valence electrons. The fourth-order valence-corrected chi connectivity index (χ4v) is 2.58. The summed E-state index contributed by atoms with van der Waals surface area (Å²) in [7, 11) is 0. The standard InChI is InChI=1S/C14H18N2O/c17-14(7-11-8-15-9-11)16-6-5-12-3-1-2-4-13(12)10-16/h1-4,11,15H,5-10H2. The molecule has 1 N–H and O–H groups in total. The molecule has 0 unspecified atom stereocenters. The first-order valence-corrected chi connectivity index (χ1v) is 6.38. The lowest BCUT2D eigenvalue weighted by molar-refractivity contribution is -0.133. The van der Waals surface area contributed by atoms with E-state index in [2.05, 4.69) is 29.6 Å². The molecule has 0 atom stereocenters. The van der Waals surface area contributed by atoms with E-state index in [1.54, 1.807) is 0 Å². The van der Waals surface area contributed by atoms with E-state index in [1.165, 1.54) is 11.1 Å². The van der Waals surface area contributed by atoms with Gasteiger partial charge in [-0.15, -0.1) is 0 Å². The molecule has 2 heterocycles. The second-order valence-electron chi connectivity index (χ2n) is 5.06. The highest BCUT2D eigenvalue weighted by molar-refractivity contribution is 5.77. The number of nitrogens with zero attached hydrogens (tertiary/aromatic N) is 1. The summed E-state index contributed by atoms with van der Waals surface area (Å²) in [6, 6.07) is 8.45. The molecule has 1 aromatic rings. The second-order valence-corrected chi connectivity index (χ2v) is 5.06. The van der Waals surface area contributed by atoms with Crippen molar-refractivity contribution in [2.24, 2.45) is 5.92 Å². The van der Waals surface area contributed by atoms with Crippen molar-refractivity contribution in [3.8, 4) is 0 Å². The zero-order chi connectivity index (χ0) is 11.7. The molecule has 2 aliphatic heterocycles. The number of rotatable bonds is 2. The molecule has 1 aromatic carbocycles. The van der Waals surface area contributed by atoms with Crippen LogP contribution in [-0.4, -0.2) is 30.4 Å². The van der Waals surface area contributed by atoms with Crippen molar-refractivity contribution in [2.45, 2.75) is 19.4 Å². The Morgan fingerprint density at radius 3 is 2.76 bits per heavy atom. The van der Waals surface area contributed by atoms with Gasteiger partial charge in [0.2, 0.25) is 5.91 Å². The van der Waals surface area contributed by atoms with Crippen LogP contribution in [0.15, 0.2) is 24.3 Å².